The molecule has 45 heavy (non-hydrogen) atoms. The fourth-order valence-corrected chi connectivity index (χ4v) is 7.50. The average Bonchev–Trinajstić information content (AvgIpc) is 3.69. The van der Waals surface area contributed by atoms with Crippen LogP contribution < -0.4 is 10.4 Å². The SMILES string of the molecule is CCc1ccc2c(c1)C=c1c-2cc(=C(c2ccccc2)c2ccccc2)c(CC)c1C1C=Cc2ccc(-c3ccccc3)cc21. The van der Waals surface area contributed by atoms with Crippen molar-refractivity contribution in [2.45, 2.75) is 32.6 Å². The van der Waals surface area contributed by atoms with Crippen LogP contribution in [0.1, 0.15) is 64.3 Å². The van der Waals surface area contributed by atoms with Crippen LogP contribution in [0.5, 0.6) is 0 Å². The van der Waals surface area contributed by atoms with Crippen LogP contribution in [0.25, 0.3) is 40.0 Å². The second-order valence-electron chi connectivity index (χ2n) is 12.2. The highest BCUT2D eigenvalue weighted by molar-refractivity contribution is 5.88. The highest BCUT2D eigenvalue weighted by Crippen LogP contribution is 2.40. The molecule has 1 atom stereocenters. The molecule has 6 aromatic rings. The van der Waals surface area contributed by atoms with Crippen LogP contribution in [-0.4, -0.2) is 0 Å². The Bertz CT molecular complexity index is 2160. The molecule has 0 radical (unpaired) electrons. The average molecular weight is 577 g/mol. The van der Waals surface area contributed by atoms with Crippen LogP contribution in [0.2, 0.25) is 0 Å². The van der Waals surface area contributed by atoms with E-state index < -0.39 is 0 Å². The number of aryl methyl sites for hydroxylation is 1. The number of hydrogen-bond acceptors (Lipinski definition) is 0. The van der Waals surface area contributed by atoms with E-state index in [9.17, 15) is 0 Å². The monoisotopic (exact) mass is 576 g/mol. The van der Waals surface area contributed by atoms with E-state index in [1.807, 2.05) is 0 Å². The largest absolute Gasteiger partial charge is 0.0720 e. The Labute approximate surface area is 266 Å². The van der Waals surface area contributed by atoms with Gasteiger partial charge in [0.1, 0.15) is 0 Å². The summed E-state index contributed by atoms with van der Waals surface area (Å²) >= 11 is 0. The molecular weight excluding hydrogens is 540 g/mol. The van der Waals surface area contributed by atoms with Crippen LogP contribution in [-0.2, 0) is 12.8 Å². The second-order valence-corrected chi connectivity index (χ2v) is 12.2. The zero-order chi connectivity index (χ0) is 30.3. The summed E-state index contributed by atoms with van der Waals surface area (Å²) in [7, 11) is 0. The van der Waals surface area contributed by atoms with Crippen LogP contribution in [0, 0.1) is 0 Å². The molecule has 216 valence electrons. The van der Waals surface area contributed by atoms with Gasteiger partial charge in [-0.15, -0.1) is 0 Å². The number of hydrogen-bond donors (Lipinski definition) is 0. The summed E-state index contributed by atoms with van der Waals surface area (Å²) in [6, 6.07) is 49.3. The highest BCUT2D eigenvalue weighted by Gasteiger charge is 2.28. The standard InChI is InChI=1S/C45H36/c1-3-30-20-24-38-36(26-30)28-42-41(38)29-43(44(33-16-10-6-11-17-33)34-18-12-7-13-19-34)37(4-2)45(42)39-25-23-32-21-22-35(27-40(32)39)31-14-8-5-9-15-31/h5-29,39H,3-4H2,1-2H3. The molecule has 0 aliphatic heterocycles. The lowest BCUT2D eigenvalue weighted by Gasteiger charge is -2.21. The highest BCUT2D eigenvalue weighted by atomic mass is 14.3. The van der Waals surface area contributed by atoms with Gasteiger partial charge in [0.15, 0.2) is 0 Å². The van der Waals surface area contributed by atoms with E-state index >= 15 is 0 Å². The molecule has 0 aromatic heterocycles. The molecule has 0 nitrogen and oxygen atoms in total. The Morgan fingerprint density at radius 1 is 0.578 bits per heavy atom. The molecule has 0 amide bonds. The van der Waals surface area contributed by atoms with E-state index in [1.165, 1.54) is 82.8 Å². The first kappa shape index (κ1) is 27.4. The third-order valence-electron chi connectivity index (χ3n) is 9.69. The summed E-state index contributed by atoms with van der Waals surface area (Å²) in [4.78, 5) is 0. The first-order chi connectivity index (χ1) is 22.2. The zero-order valence-corrected chi connectivity index (χ0v) is 25.9. The van der Waals surface area contributed by atoms with Crippen molar-refractivity contribution in [2.75, 3.05) is 0 Å². The summed E-state index contributed by atoms with van der Waals surface area (Å²) in [5, 5.41) is 2.72. The van der Waals surface area contributed by atoms with Crippen molar-refractivity contribution in [3.05, 3.63) is 194 Å². The molecule has 0 bridgehead atoms. The first-order valence-electron chi connectivity index (χ1n) is 16.3. The quantitative estimate of drug-likeness (QED) is 0.185. The number of allylic oxidation sites excluding steroid dienone is 1. The van der Waals surface area contributed by atoms with E-state index in [0.717, 1.165) is 12.8 Å². The van der Waals surface area contributed by atoms with Crippen molar-refractivity contribution in [3.8, 4) is 22.3 Å². The van der Waals surface area contributed by atoms with Gasteiger partial charge >= 0.3 is 0 Å². The van der Waals surface area contributed by atoms with Gasteiger partial charge in [0.05, 0.1) is 0 Å². The minimum absolute atomic E-state index is 0.177. The Morgan fingerprint density at radius 2 is 1.27 bits per heavy atom. The molecule has 1 unspecified atom stereocenters. The normalized spacial score (nSPS) is 14.0. The van der Waals surface area contributed by atoms with E-state index in [-0.39, 0.29) is 5.92 Å². The lowest BCUT2D eigenvalue weighted by Crippen LogP contribution is -2.27. The van der Waals surface area contributed by atoms with E-state index in [1.54, 1.807) is 0 Å². The van der Waals surface area contributed by atoms with E-state index in [0.29, 0.717) is 0 Å². The number of benzene rings is 6. The van der Waals surface area contributed by atoms with Crippen molar-refractivity contribution in [3.63, 3.8) is 0 Å². The number of rotatable bonds is 6. The third-order valence-corrected chi connectivity index (χ3v) is 9.69. The molecule has 8 rings (SSSR count). The lowest BCUT2D eigenvalue weighted by atomic mass is 9.82. The van der Waals surface area contributed by atoms with Crippen LogP contribution in [0.15, 0.2) is 140 Å². The van der Waals surface area contributed by atoms with Gasteiger partial charge in [0, 0.05) is 5.92 Å². The topological polar surface area (TPSA) is 0 Å². The maximum absolute atomic E-state index is 2.50. The van der Waals surface area contributed by atoms with Crippen LogP contribution >= 0.6 is 0 Å². The summed E-state index contributed by atoms with van der Waals surface area (Å²) in [5.41, 5.74) is 17.3. The van der Waals surface area contributed by atoms with E-state index in [2.05, 4.69) is 166 Å². The molecule has 0 N–H and O–H groups in total. The van der Waals surface area contributed by atoms with E-state index in [4.69, 9.17) is 0 Å². The van der Waals surface area contributed by atoms with Crippen molar-refractivity contribution < 1.29 is 0 Å². The van der Waals surface area contributed by atoms with Crippen LogP contribution in [0.3, 0.4) is 0 Å². The Kier molecular flexibility index (Phi) is 6.92. The minimum Gasteiger partial charge on any atom is -0.0720 e. The van der Waals surface area contributed by atoms with Gasteiger partial charge in [0.2, 0.25) is 0 Å². The lowest BCUT2D eigenvalue weighted by molar-refractivity contribution is 0.968. The van der Waals surface area contributed by atoms with Crippen molar-refractivity contribution in [2.24, 2.45) is 0 Å². The van der Waals surface area contributed by atoms with Crippen molar-refractivity contribution in [1.82, 2.24) is 0 Å². The predicted octanol–water partition coefficient (Wildman–Crippen LogP) is 9.69. The number of fused-ring (bicyclic) bond motifs is 4. The second kappa shape index (κ2) is 11.4. The summed E-state index contributed by atoms with van der Waals surface area (Å²) in [6.07, 6.45) is 9.24. The maximum Gasteiger partial charge on any atom is 0.0288 e. The van der Waals surface area contributed by atoms with Crippen molar-refractivity contribution >= 4 is 17.7 Å². The molecular formula is C45H36. The van der Waals surface area contributed by atoms with Crippen molar-refractivity contribution in [1.29, 1.82) is 0 Å². The molecule has 0 spiro atoms. The third kappa shape index (κ3) is 4.69. The smallest absolute Gasteiger partial charge is 0.0288 e. The molecule has 0 heterocycles. The molecule has 0 heteroatoms. The maximum atomic E-state index is 2.50. The van der Waals surface area contributed by atoms with Gasteiger partial charge in [-0.3, -0.25) is 0 Å². The van der Waals surface area contributed by atoms with Crippen LogP contribution in [0.4, 0.5) is 0 Å². The molecule has 0 saturated heterocycles. The molecule has 2 aliphatic carbocycles. The van der Waals surface area contributed by atoms with Gasteiger partial charge in [-0.1, -0.05) is 147 Å². The summed E-state index contributed by atoms with van der Waals surface area (Å²) in [5.74, 6) is 0.177. The van der Waals surface area contributed by atoms with Gasteiger partial charge < -0.3 is 0 Å². The predicted molar refractivity (Wildman–Crippen MR) is 191 cm³/mol. The molecule has 2 aliphatic rings. The molecule has 6 aromatic carbocycles. The Hall–Kier alpha value is -5.20. The molecule has 0 fully saturated rings. The van der Waals surface area contributed by atoms with Gasteiger partial charge in [-0.25, -0.2) is 0 Å². The Morgan fingerprint density at radius 3 is 1.93 bits per heavy atom. The molecule has 0 saturated carbocycles. The first-order valence-corrected chi connectivity index (χ1v) is 16.3. The summed E-state index contributed by atoms with van der Waals surface area (Å²) in [6.45, 7) is 4.58. The zero-order valence-electron chi connectivity index (χ0n) is 25.9. The Balaban J connectivity index is 1.48. The van der Waals surface area contributed by atoms with Gasteiger partial charge in [-0.2, -0.15) is 0 Å². The summed E-state index contributed by atoms with van der Waals surface area (Å²) < 4.78 is 0. The van der Waals surface area contributed by atoms with Gasteiger partial charge in [-0.05, 0) is 114 Å². The fourth-order valence-electron chi connectivity index (χ4n) is 7.50. The fraction of sp³-hybridized carbons (Fsp3) is 0.111. The van der Waals surface area contributed by atoms with Gasteiger partial charge in [0.25, 0.3) is 0 Å². The minimum atomic E-state index is 0.177.